The standard InChI is InChI=1S/C15H12I2/c1-15(2)11-6-4-3-5-9(11)10-7-13(16)14(17)8-12(10)15/h3-8H,1-2H3. The second-order valence-electron chi connectivity index (χ2n) is 4.98. The summed E-state index contributed by atoms with van der Waals surface area (Å²) in [6.07, 6.45) is 0. The molecule has 1 aliphatic carbocycles. The van der Waals surface area contributed by atoms with Crippen molar-refractivity contribution in [3.63, 3.8) is 0 Å². The van der Waals surface area contributed by atoms with E-state index >= 15 is 0 Å². The summed E-state index contributed by atoms with van der Waals surface area (Å²) in [5.41, 5.74) is 5.87. The molecule has 86 valence electrons. The first-order valence-electron chi connectivity index (χ1n) is 5.61. The van der Waals surface area contributed by atoms with Crippen molar-refractivity contribution in [2.45, 2.75) is 19.3 Å². The first kappa shape index (κ1) is 12.0. The molecule has 0 radical (unpaired) electrons. The lowest BCUT2D eigenvalue weighted by Crippen LogP contribution is -2.15. The van der Waals surface area contributed by atoms with E-state index in [4.69, 9.17) is 0 Å². The Morgan fingerprint density at radius 3 is 2.24 bits per heavy atom. The van der Waals surface area contributed by atoms with Crippen LogP contribution >= 0.6 is 45.2 Å². The van der Waals surface area contributed by atoms with Crippen LogP contribution in [0.4, 0.5) is 0 Å². The molecule has 3 rings (SSSR count). The van der Waals surface area contributed by atoms with Crippen molar-refractivity contribution in [3.8, 4) is 11.1 Å². The van der Waals surface area contributed by atoms with E-state index < -0.39 is 0 Å². The number of benzene rings is 2. The van der Waals surface area contributed by atoms with E-state index in [1.807, 2.05) is 0 Å². The average molecular weight is 446 g/mol. The predicted molar refractivity (Wildman–Crippen MR) is 89.4 cm³/mol. The van der Waals surface area contributed by atoms with Gasteiger partial charge in [0.05, 0.1) is 0 Å². The van der Waals surface area contributed by atoms with Gasteiger partial charge in [-0.05, 0) is 79.6 Å². The Bertz CT molecular complexity index is 612. The van der Waals surface area contributed by atoms with Crippen LogP contribution in [0.2, 0.25) is 0 Å². The Kier molecular flexibility index (Phi) is 2.78. The number of halogens is 2. The molecule has 0 fully saturated rings. The zero-order valence-electron chi connectivity index (χ0n) is 9.72. The smallest absolute Gasteiger partial charge is 0.0270 e. The second-order valence-corrected chi connectivity index (χ2v) is 7.31. The normalized spacial score (nSPS) is 15.5. The molecule has 0 amide bonds. The summed E-state index contributed by atoms with van der Waals surface area (Å²) in [5.74, 6) is 0. The quantitative estimate of drug-likeness (QED) is 0.489. The lowest BCUT2D eigenvalue weighted by molar-refractivity contribution is 0.660. The van der Waals surface area contributed by atoms with E-state index in [1.165, 1.54) is 29.4 Å². The fourth-order valence-electron chi connectivity index (χ4n) is 2.69. The maximum atomic E-state index is 2.43. The second kappa shape index (κ2) is 3.95. The van der Waals surface area contributed by atoms with Gasteiger partial charge >= 0.3 is 0 Å². The molecule has 0 saturated carbocycles. The zero-order chi connectivity index (χ0) is 12.2. The van der Waals surface area contributed by atoms with Gasteiger partial charge in [-0.1, -0.05) is 38.1 Å². The molecule has 0 aromatic heterocycles. The molecule has 0 aliphatic heterocycles. The summed E-state index contributed by atoms with van der Waals surface area (Å²) < 4.78 is 2.69. The third-order valence-corrected chi connectivity index (χ3v) is 6.44. The third-order valence-electron chi connectivity index (χ3n) is 3.62. The SMILES string of the molecule is CC1(C)c2ccccc2-c2cc(I)c(I)cc21. The maximum Gasteiger partial charge on any atom is 0.0270 e. The molecule has 0 N–H and O–H groups in total. The van der Waals surface area contributed by atoms with E-state index in [-0.39, 0.29) is 5.41 Å². The van der Waals surface area contributed by atoms with Crippen molar-refractivity contribution in [1.82, 2.24) is 0 Å². The highest BCUT2D eigenvalue weighted by Crippen LogP contribution is 2.49. The fraction of sp³-hybridized carbons (Fsp3) is 0.200. The van der Waals surface area contributed by atoms with Crippen LogP contribution in [0.15, 0.2) is 36.4 Å². The van der Waals surface area contributed by atoms with Gasteiger partial charge in [0.25, 0.3) is 0 Å². The molecule has 17 heavy (non-hydrogen) atoms. The molecule has 0 spiro atoms. The van der Waals surface area contributed by atoms with Crippen molar-refractivity contribution in [2.24, 2.45) is 0 Å². The molecule has 0 nitrogen and oxygen atoms in total. The average Bonchev–Trinajstić information content (AvgIpc) is 2.51. The van der Waals surface area contributed by atoms with Crippen LogP contribution in [0.3, 0.4) is 0 Å². The van der Waals surface area contributed by atoms with Crippen LogP contribution in [-0.2, 0) is 5.41 Å². The lowest BCUT2D eigenvalue weighted by Gasteiger charge is -2.21. The van der Waals surface area contributed by atoms with Crippen LogP contribution in [0.5, 0.6) is 0 Å². The van der Waals surface area contributed by atoms with Crippen molar-refractivity contribution < 1.29 is 0 Å². The Morgan fingerprint density at radius 1 is 0.824 bits per heavy atom. The minimum Gasteiger partial charge on any atom is -0.0619 e. The molecule has 0 heterocycles. The zero-order valence-corrected chi connectivity index (χ0v) is 14.0. The van der Waals surface area contributed by atoms with E-state index in [2.05, 4.69) is 95.4 Å². The summed E-state index contributed by atoms with van der Waals surface area (Å²) in [7, 11) is 0. The maximum absolute atomic E-state index is 2.43. The van der Waals surface area contributed by atoms with Crippen molar-refractivity contribution in [2.75, 3.05) is 0 Å². The molecule has 0 atom stereocenters. The highest BCUT2D eigenvalue weighted by atomic mass is 127. The number of rotatable bonds is 0. The molecular formula is C15H12I2. The van der Waals surface area contributed by atoms with Gasteiger partial charge in [-0.25, -0.2) is 0 Å². The Hall–Kier alpha value is -0.100. The summed E-state index contributed by atoms with van der Waals surface area (Å²) in [6, 6.07) is 13.4. The van der Waals surface area contributed by atoms with Crippen molar-refractivity contribution in [1.29, 1.82) is 0 Å². The van der Waals surface area contributed by atoms with Gasteiger partial charge in [0, 0.05) is 12.6 Å². The van der Waals surface area contributed by atoms with Crippen LogP contribution in [0, 0.1) is 7.14 Å². The molecule has 2 aromatic rings. The highest BCUT2D eigenvalue weighted by molar-refractivity contribution is 14.1. The van der Waals surface area contributed by atoms with E-state index in [0.717, 1.165) is 0 Å². The van der Waals surface area contributed by atoms with Gasteiger partial charge in [0.2, 0.25) is 0 Å². The topological polar surface area (TPSA) is 0 Å². The van der Waals surface area contributed by atoms with Gasteiger partial charge in [-0.3, -0.25) is 0 Å². The van der Waals surface area contributed by atoms with Crippen LogP contribution < -0.4 is 0 Å². The van der Waals surface area contributed by atoms with Crippen molar-refractivity contribution >= 4 is 45.2 Å². The molecule has 2 aromatic carbocycles. The van der Waals surface area contributed by atoms with E-state index in [1.54, 1.807) is 0 Å². The van der Waals surface area contributed by atoms with Gasteiger partial charge in [-0.2, -0.15) is 0 Å². The van der Waals surface area contributed by atoms with E-state index in [9.17, 15) is 0 Å². The first-order chi connectivity index (χ1) is 8.01. The summed E-state index contributed by atoms with van der Waals surface area (Å²) in [5, 5.41) is 0. The van der Waals surface area contributed by atoms with Gasteiger partial charge in [-0.15, -0.1) is 0 Å². The minimum atomic E-state index is 0.135. The van der Waals surface area contributed by atoms with Gasteiger partial charge in [0.15, 0.2) is 0 Å². The van der Waals surface area contributed by atoms with Gasteiger partial charge < -0.3 is 0 Å². The molecule has 0 saturated heterocycles. The summed E-state index contributed by atoms with van der Waals surface area (Å²) >= 11 is 4.85. The summed E-state index contributed by atoms with van der Waals surface area (Å²) in [4.78, 5) is 0. The number of hydrogen-bond donors (Lipinski definition) is 0. The Morgan fingerprint density at radius 2 is 1.47 bits per heavy atom. The Balaban J connectivity index is 2.40. The molecule has 2 heteroatoms. The largest absolute Gasteiger partial charge is 0.0619 e. The first-order valence-corrected chi connectivity index (χ1v) is 7.77. The highest BCUT2D eigenvalue weighted by Gasteiger charge is 2.35. The fourth-order valence-corrected chi connectivity index (χ4v) is 3.63. The molecule has 0 unspecified atom stereocenters. The van der Waals surface area contributed by atoms with Crippen LogP contribution in [0.25, 0.3) is 11.1 Å². The predicted octanol–water partition coefficient (Wildman–Crippen LogP) is 5.20. The number of fused-ring (bicyclic) bond motifs is 3. The minimum absolute atomic E-state index is 0.135. The molecule has 1 aliphatic rings. The Labute approximate surface area is 129 Å². The lowest BCUT2D eigenvalue weighted by atomic mass is 9.82. The molecular weight excluding hydrogens is 434 g/mol. The van der Waals surface area contributed by atoms with Crippen LogP contribution in [-0.4, -0.2) is 0 Å². The van der Waals surface area contributed by atoms with E-state index in [0.29, 0.717) is 0 Å². The molecule has 0 bridgehead atoms. The summed E-state index contributed by atoms with van der Waals surface area (Å²) in [6.45, 7) is 4.64. The third kappa shape index (κ3) is 1.67. The monoisotopic (exact) mass is 446 g/mol. The van der Waals surface area contributed by atoms with Crippen molar-refractivity contribution in [3.05, 3.63) is 54.7 Å². The van der Waals surface area contributed by atoms with Gasteiger partial charge in [0.1, 0.15) is 0 Å². The number of hydrogen-bond acceptors (Lipinski definition) is 0. The van der Waals surface area contributed by atoms with Crippen LogP contribution in [0.1, 0.15) is 25.0 Å².